The third-order valence-electron chi connectivity index (χ3n) is 3.76. The van der Waals surface area contributed by atoms with Crippen molar-refractivity contribution in [2.24, 2.45) is 0 Å². The number of benzene rings is 1. The van der Waals surface area contributed by atoms with Crippen LogP contribution in [0.5, 0.6) is 0 Å². The lowest BCUT2D eigenvalue weighted by Gasteiger charge is -2.10. The summed E-state index contributed by atoms with van der Waals surface area (Å²) in [5, 5.41) is 5.20. The molecule has 6 nitrogen and oxygen atoms in total. The number of alkyl halides is 3. The lowest BCUT2D eigenvalue weighted by Crippen LogP contribution is -2.25. The van der Waals surface area contributed by atoms with Crippen molar-refractivity contribution in [3.05, 3.63) is 53.1 Å². The van der Waals surface area contributed by atoms with E-state index in [0.717, 1.165) is 18.9 Å². The molecule has 2 aromatic rings. The van der Waals surface area contributed by atoms with Crippen LogP contribution in [0.4, 0.5) is 18.9 Å². The lowest BCUT2D eigenvalue weighted by atomic mass is 10.1. The van der Waals surface area contributed by atoms with Gasteiger partial charge in [0.1, 0.15) is 11.5 Å². The maximum atomic E-state index is 12.8. The first-order chi connectivity index (χ1) is 13.2. The van der Waals surface area contributed by atoms with Crippen LogP contribution in [0.25, 0.3) is 0 Å². The van der Waals surface area contributed by atoms with Crippen LogP contribution in [-0.4, -0.2) is 21.8 Å². The maximum absolute atomic E-state index is 12.8. The van der Waals surface area contributed by atoms with Gasteiger partial charge in [-0.3, -0.25) is 9.59 Å². The van der Waals surface area contributed by atoms with Gasteiger partial charge in [0.05, 0.1) is 6.54 Å². The van der Waals surface area contributed by atoms with Crippen molar-refractivity contribution in [3.8, 4) is 0 Å². The Morgan fingerprint density at radius 2 is 1.89 bits per heavy atom. The summed E-state index contributed by atoms with van der Waals surface area (Å²) in [6, 6.07) is 7.14. The molecule has 0 saturated carbocycles. The molecule has 2 N–H and O–H groups in total. The highest BCUT2D eigenvalue weighted by Crippen LogP contribution is 2.27. The second kappa shape index (κ2) is 9.29. The molecule has 0 aliphatic rings. The second-order valence-electron chi connectivity index (χ2n) is 6.22. The van der Waals surface area contributed by atoms with E-state index >= 15 is 0 Å². The first-order valence-corrected chi connectivity index (χ1v) is 8.79. The second-order valence-corrected chi connectivity index (χ2v) is 6.22. The zero-order valence-electron chi connectivity index (χ0n) is 15.6. The number of unbranched alkanes of at least 4 members (excludes halogenated alkanes) is 1. The van der Waals surface area contributed by atoms with E-state index in [-0.39, 0.29) is 29.5 Å². The molecule has 2 amide bonds. The van der Waals surface area contributed by atoms with Crippen LogP contribution in [0.3, 0.4) is 0 Å². The van der Waals surface area contributed by atoms with Crippen LogP contribution in [0, 0.1) is 6.92 Å². The van der Waals surface area contributed by atoms with Crippen LogP contribution >= 0.6 is 0 Å². The number of carbonyl (C=O) groups is 2. The summed E-state index contributed by atoms with van der Waals surface area (Å²) in [7, 11) is 0. The largest absolute Gasteiger partial charge is 0.433 e. The van der Waals surface area contributed by atoms with Crippen LogP contribution in [0.1, 0.15) is 53.8 Å². The van der Waals surface area contributed by atoms with E-state index in [1.807, 2.05) is 6.92 Å². The molecule has 0 aliphatic heterocycles. The predicted molar refractivity (Wildman–Crippen MR) is 97.5 cm³/mol. The van der Waals surface area contributed by atoms with Crippen LogP contribution in [0.2, 0.25) is 0 Å². The minimum atomic E-state index is -4.59. The van der Waals surface area contributed by atoms with Crippen molar-refractivity contribution in [2.45, 2.75) is 45.8 Å². The molecule has 0 spiro atoms. The summed E-state index contributed by atoms with van der Waals surface area (Å²) in [5.74, 6) is -0.791. The number of anilines is 1. The van der Waals surface area contributed by atoms with Gasteiger partial charge in [0.2, 0.25) is 5.91 Å². The molecule has 1 heterocycles. The van der Waals surface area contributed by atoms with Crippen molar-refractivity contribution in [1.29, 1.82) is 0 Å². The highest BCUT2D eigenvalue weighted by atomic mass is 19.4. The van der Waals surface area contributed by atoms with E-state index in [1.165, 1.54) is 19.1 Å². The van der Waals surface area contributed by atoms with Crippen molar-refractivity contribution in [3.63, 3.8) is 0 Å². The van der Waals surface area contributed by atoms with Gasteiger partial charge in [-0.05, 0) is 37.6 Å². The fourth-order valence-electron chi connectivity index (χ4n) is 2.41. The molecule has 0 bridgehead atoms. The van der Waals surface area contributed by atoms with Gasteiger partial charge in [0, 0.05) is 23.4 Å². The molecule has 9 heteroatoms. The number of aryl methyl sites for hydroxylation is 1. The average molecular weight is 394 g/mol. The quantitative estimate of drug-likeness (QED) is 0.747. The van der Waals surface area contributed by atoms with Crippen LogP contribution in [-0.2, 0) is 17.5 Å². The van der Waals surface area contributed by atoms with Crippen molar-refractivity contribution < 1.29 is 22.8 Å². The average Bonchev–Trinajstić information content (AvgIpc) is 2.63. The summed E-state index contributed by atoms with van der Waals surface area (Å²) in [6.45, 7) is 3.15. The fraction of sp³-hybridized carbons (Fsp3) is 0.368. The molecular weight excluding hydrogens is 373 g/mol. The molecule has 1 aromatic carbocycles. The molecule has 0 radical (unpaired) electrons. The summed E-state index contributed by atoms with van der Waals surface area (Å²) >= 11 is 0. The predicted octanol–water partition coefficient (Wildman–Crippen LogP) is 3.86. The van der Waals surface area contributed by atoms with E-state index in [9.17, 15) is 22.8 Å². The Balaban J connectivity index is 2.03. The topological polar surface area (TPSA) is 84.0 Å². The van der Waals surface area contributed by atoms with Gasteiger partial charge in [-0.25, -0.2) is 9.97 Å². The van der Waals surface area contributed by atoms with Gasteiger partial charge in [-0.2, -0.15) is 13.2 Å². The smallest absolute Gasteiger partial charge is 0.345 e. The highest BCUT2D eigenvalue weighted by molar-refractivity contribution is 5.97. The highest BCUT2D eigenvalue weighted by Gasteiger charge is 2.33. The number of rotatable bonds is 7. The van der Waals surface area contributed by atoms with Gasteiger partial charge in [-0.15, -0.1) is 0 Å². The number of aromatic nitrogens is 2. The van der Waals surface area contributed by atoms with Crippen molar-refractivity contribution >= 4 is 17.5 Å². The maximum Gasteiger partial charge on any atom is 0.433 e. The van der Waals surface area contributed by atoms with E-state index in [2.05, 4.69) is 20.6 Å². The van der Waals surface area contributed by atoms with E-state index < -0.39 is 17.8 Å². The Kier molecular flexibility index (Phi) is 7.08. The van der Waals surface area contributed by atoms with Gasteiger partial charge < -0.3 is 10.6 Å². The molecule has 0 fully saturated rings. The normalized spacial score (nSPS) is 11.2. The molecule has 0 atom stereocenters. The Bertz CT molecular complexity index is 853. The third-order valence-corrected chi connectivity index (χ3v) is 3.76. The Morgan fingerprint density at radius 3 is 2.57 bits per heavy atom. The molecule has 2 rings (SSSR count). The number of carbonyl (C=O) groups excluding carboxylic acids is 2. The number of hydrogen-bond donors (Lipinski definition) is 2. The monoisotopic (exact) mass is 394 g/mol. The van der Waals surface area contributed by atoms with E-state index in [0.29, 0.717) is 12.1 Å². The number of nitrogens with one attached hydrogen (secondary N) is 2. The molecule has 1 aromatic heterocycles. The van der Waals surface area contributed by atoms with E-state index in [4.69, 9.17) is 0 Å². The fourth-order valence-corrected chi connectivity index (χ4v) is 2.41. The molecule has 150 valence electrons. The number of amides is 2. The molecule has 0 saturated heterocycles. The van der Waals surface area contributed by atoms with E-state index in [1.54, 1.807) is 12.1 Å². The summed E-state index contributed by atoms with van der Waals surface area (Å²) < 4.78 is 38.5. The molecule has 0 unspecified atom stereocenters. The molecule has 0 aliphatic carbocycles. The van der Waals surface area contributed by atoms with Gasteiger partial charge in [-0.1, -0.05) is 19.4 Å². The zero-order chi connectivity index (χ0) is 20.7. The summed E-state index contributed by atoms with van der Waals surface area (Å²) in [6.07, 6.45) is -2.54. The Labute approximate surface area is 160 Å². The number of hydrogen-bond acceptors (Lipinski definition) is 4. The van der Waals surface area contributed by atoms with Gasteiger partial charge >= 0.3 is 6.18 Å². The minimum absolute atomic E-state index is 0.135. The van der Waals surface area contributed by atoms with Gasteiger partial charge in [0.15, 0.2) is 0 Å². The molecular formula is C19H21F3N4O2. The van der Waals surface area contributed by atoms with Crippen molar-refractivity contribution in [2.75, 3.05) is 5.32 Å². The first kappa shape index (κ1) is 21.3. The minimum Gasteiger partial charge on any atom is -0.345 e. The summed E-state index contributed by atoms with van der Waals surface area (Å²) in [5.41, 5.74) is -0.165. The number of nitrogens with zero attached hydrogens (tertiary/aromatic N) is 2. The van der Waals surface area contributed by atoms with Crippen LogP contribution < -0.4 is 10.6 Å². The number of halogens is 3. The zero-order valence-corrected chi connectivity index (χ0v) is 15.6. The SMILES string of the molecule is CCCCC(=O)Nc1cccc(C(=O)NCc2nc(C)cc(C(F)(F)F)n2)c1. The Morgan fingerprint density at radius 1 is 1.14 bits per heavy atom. The first-order valence-electron chi connectivity index (χ1n) is 8.79. The standard InChI is InChI=1S/C19H21F3N4O2/c1-3-4-8-17(27)25-14-7-5-6-13(10-14)18(28)23-11-16-24-12(2)9-15(26-16)19(20,21)22/h5-7,9-10H,3-4,8,11H2,1-2H3,(H,23,28)(H,25,27). The van der Waals surface area contributed by atoms with Gasteiger partial charge in [0.25, 0.3) is 5.91 Å². The lowest BCUT2D eigenvalue weighted by molar-refractivity contribution is -0.141. The summed E-state index contributed by atoms with van der Waals surface area (Å²) in [4.78, 5) is 31.4. The molecule has 28 heavy (non-hydrogen) atoms. The van der Waals surface area contributed by atoms with Crippen LogP contribution in [0.15, 0.2) is 30.3 Å². The van der Waals surface area contributed by atoms with Crippen molar-refractivity contribution in [1.82, 2.24) is 15.3 Å². The Hall–Kier alpha value is -2.97. The third kappa shape index (κ3) is 6.33.